The molecule has 3 heterocycles. The molecular weight excluding hydrogens is 306 g/mol. The Kier molecular flexibility index (Phi) is 4.16. The Bertz CT molecular complexity index is 971. The second-order valence-electron chi connectivity index (χ2n) is 5.73. The fraction of sp³-hybridized carbons (Fsp3) is 0.294. The molecule has 7 heteroatoms. The monoisotopic (exact) mass is 325 g/mol. The van der Waals surface area contributed by atoms with Crippen molar-refractivity contribution in [1.29, 1.82) is 0 Å². The molecular formula is C17H19N5O2. The predicted molar refractivity (Wildman–Crippen MR) is 91.9 cm³/mol. The van der Waals surface area contributed by atoms with Crippen molar-refractivity contribution in [3.8, 4) is 0 Å². The van der Waals surface area contributed by atoms with Crippen molar-refractivity contribution in [2.45, 2.75) is 26.8 Å². The first kappa shape index (κ1) is 15.9. The van der Waals surface area contributed by atoms with E-state index in [-0.39, 0.29) is 17.9 Å². The summed E-state index contributed by atoms with van der Waals surface area (Å²) in [6.07, 6.45) is 1.89. The van der Waals surface area contributed by atoms with Crippen molar-refractivity contribution >= 4 is 22.6 Å². The highest BCUT2D eigenvalue weighted by atomic mass is 16.1. The fourth-order valence-corrected chi connectivity index (χ4v) is 2.64. The number of carbonyl (C=O) groups is 1. The van der Waals surface area contributed by atoms with Crippen LogP contribution in [0.1, 0.15) is 17.8 Å². The normalized spacial score (nSPS) is 11.0. The van der Waals surface area contributed by atoms with Gasteiger partial charge in [0.05, 0.1) is 17.1 Å². The number of amides is 1. The third-order valence-electron chi connectivity index (χ3n) is 3.94. The molecule has 1 N–H and O–H groups in total. The van der Waals surface area contributed by atoms with Crippen LogP contribution in [0.2, 0.25) is 0 Å². The van der Waals surface area contributed by atoms with Crippen LogP contribution in [-0.4, -0.2) is 25.2 Å². The molecule has 24 heavy (non-hydrogen) atoms. The lowest BCUT2D eigenvalue weighted by atomic mass is 10.2. The second kappa shape index (κ2) is 6.27. The molecule has 0 saturated heterocycles. The van der Waals surface area contributed by atoms with Gasteiger partial charge in [0, 0.05) is 37.7 Å². The molecule has 1 amide bonds. The van der Waals surface area contributed by atoms with E-state index in [1.54, 1.807) is 23.0 Å². The Morgan fingerprint density at radius 1 is 1.25 bits per heavy atom. The average molecular weight is 325 g/mol. The van der Waals surface area contributed by atoms with Crippen molar-refractivity contribution in [2.24, 2.45) is 7.05 Å². The summed E-state index contributed by atoms with van der Waals surface area (Å²) in [5.41, 5.74) is 2.94. The molecule has 0 radical (unpaired) electrons. The standard InChI is InChI=1S/C17H19N5O2/c1-11-13-10-14(12(2)18-17(13)21(3)20-11)19-15(23)7-9-22-8-5-4-6-16(22)24/h4-6,8,10H,7,9H2,1-3H3,(H,19,23). The number of anilines is 1. The number of nitrogens with one attached hydrogen (secondary N) is 1. The van der Waals surface area contributed by atoms with E-state index >= 15 is 0 Å². The average Bonchev–Trinajstić information content (AvgIpc) is 2.81. The molecule has 0 atom stereocenters. The summed E-state index contributed by atoms with van der Waals surface area (Å²) in [6.45, 7) is 4.10. The number of hydrogen-bond acceptors (Lipinski definition) is 4. The van der Waals surface area contributed by atoms with Gasteiger partial charge in [0.1, 0.15) is 0 Å². The zero-order chi connectivity index (χ0) is 17.3. The van der Waals surface area contributed by atoms with Gasteiger partial charge < -0.3 is 9.88 Å². The summed E-state index contributed by atoms with van der Waals surface area (Å²) in [5.74, 6) is -0.156. The van der Waals surface area contributed by atoms with E-state index in [0.29, 0.717) is 12.2 Å². The highest BCUT2D eigenvalue weighted by molar-refractivity contribution is 5.94. The van der Waals surface area contributed by atoms with Gasteiger partial charge in [0.2, 0.25) is 5.91 Å². The van der Waals surface area contributed by atoms with Crippen LogP contribution < -0.4 is 10.9 Å². The minimum Gasteiger partial charge on any atom is -0.324 e. The minimum atomic E-state index is -0.156. The van der Waals surface area contributed by atoms with E-state index < -0.39 is 0 Å². The highest BCUT2D eigenvalue weighted by Gasteiger charge is 2.12. The molecule has 0 aliphatic rings. The Morgan fingerprint density at radius 3 is 2.79 bits per heavy atom. The molecule has 0 fully saturated rings. The van der Waals surface area contributed by atoms with Crippen LogP contribution in [0.15, 0.2) is 35.3 Å². The maximum Gasteiger partial charge on any atom is 0.250 e. The maximum atomic E-state index is 12.2. The summed E-state index contributed by atoms with van der Waals surface area (Å²) >= 11 is 0. The van der Waals surface area contributed by atoms with Crippen molar-refractivity contribution in [3.05, 3.63) is 52.2 Å². The van der Waals surface area contributed by atoms with Gasteiger partial charge in [-0.15, -0.1) is 0 Å². The van der Waals surface area contributed by atoms with Crippen LogP contribution in [0.3, 0.4) is 0 Å². The molecule has 0 aliphatic carbocycles. The summed E-state index contributed by atoms with van der Waals surface area (Å²) in [5, 5.41) is 8.13. The lowest BCUT2D eigenvalue weighted by Gasteiger charge is -2.09. The maximum absolute atomic E-state index is 12.2. The number of nitrogens with zero attached hydrogens (tertiary/aromatic N) is 4. The van der Waals surface area contributed by atoms with Crippen molar-refractivity contribution in [1.82, 2.24) is 19.3 Å². The molecule has 0 aromatic carbocycles. The SMILES string of the molecule is Cc1nc2c(cc1NC(=O)CCn1ccccc1=O)c(C)nn2C. The quantitative estimate of drug-likeness (QED) is 0.792. The number of rotatable bonds is 4. The van der Waals surface area contributed by atoms with Crippen LogP contribution in [0, 0.1) is 13.8 Å². The Morgan fingerprint density at radius 2 is 2.04 bits per heavy atom. The van der Waals surface area contributed by atoms with Gasteiger partial charge in [0.25, 0.3) is 5.56 Å². The first-order chi connectivity index (χ1) is 11.5. The zero-order valence-corrected chi connectivity index (χ0v) is 13.9. The molecule has 0 aliphatic heterocycles. The van der Waals surface area contributed by atoms with E-state index in [0.717, 1.165) is 22.4 Å². The minimum absolute atomic E-state index is 0.115. The van der Waals surface area contributed by atoms with Crippen LogP contribution in [-0.2, 0) is 18.4 Å². The molecule has 3 aromatic heterocycles. The molecule has 0 spiro atoms. The van der Waals surface area contributed by atoms with Crippen molar-refractivity contribution in [3.63, 3.8) is 0 Å². The lowest BCUT2D eigenvalue weighted by Crippen LogP contribution is -2.22. The van der Waals surface area contributed by atoms with Gasteiger partial charge in [-0.1, -0.05) is 6.07 Å². The van der Waals surface area contributed by atoms with Crippen LogP contribution in [0.4, 0.5) is 5.69 Å². The molecule has 0 saturated carbocycles. The van der Waals surface area contributed by atoms with Crippen molar-refractivity contribution in [2.75, 3.05) is 5.32 Å². The first-order valence-electron chi connectivity index (χ1n) is 7.72. The van der Waals surface area contributed by atoms with Gasteiger partial charge in [-0.05, 0) is 26.0 Å². The molecule has 3 rings (SSSR count). The van der Waals surface area contributed by atoms with Crippen molar-refractivity contribution < 1.29 is 4.79 Å². The van der Waals surface area contributed by atoms with E-state index in [1.807, 2.05) is 27.0 Å². The van der Waals surface area contributed by atoms with Gasteiger partial charge in [-0.3, -0.25) is 14.3 Å². The Hall–Kier alpha value is -2.96. The summed E-state index contributed by atoms with van der Waals surface area (Å²) in [7, 11) is 1.84. The van der Waals surface area contributed by atoms with Gasteiger partial charge in [-0.25, -0.2) is 4.98 Å². The zero-order valence-electron chi connectivity index (χ0n) is 13.9. The Labute approximate surface area is 138 Å². The van der Waals surface area contributed by atoms with Crippen LogP contribution >= 0.6 is 0 Å². The fourth-order valence-electron chi connectivity index (χ4n) is 2.64. The summed E-state index contributed by atoms with van der Waals surface area (Å²) in [6, 6.07) is 6.82. The number of aryl methyl sites for hydroxylation is 4. The third-order valence-corrected chi connectivity index (χ3v) is 3.94. The predicted octanol–water partition coefficient (Wildman–Crippen LogP) is 1.78. The summed E-state index contributed by atoms with van der Waals surface area (Å²) < 4.78 is 3.24. The molecule has 0 unspecified atom stereocenters. The Balaban J connectivity index is 1.76. The largest absolute Gasteiger partial charge is 0.324 e. The molecule has 0 bridgehead atoms. The van der Waals surface area contributed by atoms with E-state index in [9.17, 15) is 9.59 Å². The lowest BCUT2D eigenvalue weighted by molar-refractivity contribution is -0.116. The highest BCUT2D eigenvalue weighted by Crippen LogP contribution is 2.22. The van der Waals surface area contributed by atoms with Gasteiger partial charge in [-0.2, -0.15) is 5.10 Å². The van der Waals surface area contributed by atoms with Crippen LogP contribution in [0.25, 0.3) is 11.0 Å². The van der Waals surface area contributed by atoms with E-state index in [4.69, 9.17) is 0 Å². The van der Waals surface area contributed by atoms with E-state index in [2.05, 4.69) is 15.4 Å². The second-order valence-corrected chi connectivity index (χ2v) is 5.73. The number of fused-ring (bicyclic) bond motifs is 1. The topological polar surface area (TPSA) is 81.8 Å². The number of carbonyl (C=O) groups excluding carboxylic acids is 1. The van der Waals surface area contributed by atoms with E-state index in [1.165, 1.54) is 10.6 Å². The summed E-state index contributed by atoms with van der Waals surface area (Å²) in [4.78, 5) is 28.4. The molecule has 3 aromatic rings. The molecule has 124 valence electrons. The molecule has 7 nitrogen and oxygen atoms in total. The number of pyridine rings is 2. The third kappa shape index (κ3) is 3.05. The first-order valence-corrected chi connectivity index (χ1v) is 7.72. The number of aromatic nitrogens is 4. The van der Waals surface area contributed by atoms with Gasteiger partial charge in [0.15, 0.2) is 5.65 Å². The number of hydrogen-bond donors (Lipinski definition) is 1. The van der Waals surface area contributed by atoms with Crippen LogP contribution in [0.5, 0.6) is 0 Å². The smallest absolute Gasteiger partial charge is 0.250 e. The van der Waals surface area contributed by atoms with Gasteiger partial charge >= 0.3 is 0 Å².